The first-order chi connectivity index (χ1) is 12.0. The molecular weight excluding hydrogens is 326 g/mol. The summed E-state index contributed by atoms with van der Waals surface area (Å²) in [6.45, 7) is 2.32. The normalized spacial score (nSPS) is 15.3. The topological polar surface area (TPSA) is 49.4 Å². The molecule has 0 saturated carbocycles. The second-order valence-corrected chi connectivity index (χ2v) is 6.06. The van der Waals surface area contributed by atoms with Crippen LogP contribution in [0.3, 0.4) is 0 Å². The van der Waals surface area contributed by atoms with Gasteiger partial charge in [0.05, 0.1) is 6.04 Å². The van der Waals surface area contributed by atoms with E-state index in [2.05, 4.69) is 5.32 Å². The molecule has 2 aromatic carbocycles. The molecule has 0 aromatic heterocycles. The minimum absolute atomic E-state index is 0.0811. The average Bonchev–Trinajstić information content (AvgIpc) is 3.00. The van der Waals surface area contributed by atoms with Crippen LogP contribution in [0.5, 0.6) is 0 Å². The molecule has 1 aliphatic rings. The van der Waals surface area contributed by atoms with Gasteiger partial charge in [0, 0.05) is 35.8 Å². The van der Waals surface area contributed by atoms with Crippen molar-refractivity contribution in [2.45, 2.75) is 25.8 Å². The number of nitrogens with zero attached hydrogens (tertiary/aromatic N) is 1. The first-order valence-corrected chi connectivity index (χ1v) is 8.12. The summed E-state index contributed by atoms with van der Waals surface area (Å²) < 4.78 is 26.8. The molecule has 1 heterocycles. The van der Waals surface area contributed by atoms with E-state index in [-0.39, 0.29) is 17.4 Å². The largest absolute Gasteiger partial charge is 0.345 e. The van der Waals surface area contributed by atoms with Crippen molar-refractivity contribution in [2.75, 3.05) is 11.4 Å². The molecule has 1 aliphatic heterocycles. The molecule has 4 nitrogen and oxygen atoms in total. The number of benzene rings is 2. The lowest BCUT2D eigenvalue weighted by Gasteiger charge is -2.17. The lowest BCUT2D eigenvalue weighted by Crippen LogP contribution is -2.27. The summed E-state index contributed by atoms with van der Waals surface area (Å²) in [7, 11) is 0. The van der Waals surface area contributed by atoms with Gasteiger partial charge in [0.25, 0.3) is 5.91 Å². The van der Waals surface area contributed by atoms with Gasteiger partial charge in [0.2, 0.25) is 5.91 Å². The summed E-state index contributed by atoms with van der Waals surface area (Å²) in [6, 6.07) is 9.37. The molecule has 2 aromatic rings. The third-order valence-electron chi connectivity index (χ3n) is 4.29. The lowest BCUT2D eigenvalue weighted by molar-refractivity contribution is -0.117. The van der Waals surface area contributed by atoms with Gasteiger partial charge >= 0.3 is 0 Å². The molecule has 1 N–H and O–H groups in total. The predicted molar refractivity (Wildman–Crippen MR) is 90.3 cm³/mol. The van der Waals surface area contributed by atoms with Gasteiger partial charge in [-0.15, -0.1) is 0 Å². The number of carbonyl (C=O) groups excluding carboxylic acids is 2. The fourth-order valence-corrected chi connectivity index (χ4v) is 2.92. The molecule has 0 bridgehead atoms. The summed E-state index contributed by atoms with van der Waals surface area (Å²) in [5, 5.41) is 2.69. The highest BCUT2D eigenvalue weighted by atomic mass is 19.1. The molecule has 3 rings (SSSR count). The molecule has 1 saturated heterocycles. The minimum atomic E-state index is -0.698. The summed E-state index contributed by atoms with van der Waals surface area (Å²) in [6.07, 6.45) is 1.38. The number of amides is 2. The predicted octanol–water partition coefficient (Wildman–Crippen LogP) is 3.58. The zero-order valence-corrected chi connectivity index (χ0v) is 13.8. The number of nitrogens with one attached hydrogen (secondary N) is 1. The standard InChI is InChI=1S/C19H18F2N2O2/c1-12(16-9-6-14(20)11-17(16)21)22-19(25)13-4-7-15(8-5-13)23-10-2-3-18(23)24/h4-9,11-12H,2-3,10H2,1H3,(H,22,25)/t12-/m0/s1. The molecule has 2 amide bonds. The Labute approximate surface area is 144 Å². The number of carbonyl (C=O) groups is 2. The van der Waals surface area contributed by atoms with Crippen LogP contribution < -0.4 is 10.2 Å². The van der Waals surface area contributed by atoms with Crippen LogP contribution in [0.2, 0.25) is 0 Å². The van der Waals surface area contributed by atoms with E-state index in [1.165, 1.54) is 6.07 Å². The molecule has 0 spiro atoms. The lowest BCUT2D eigenvalue weighted by atomic mass is 10.1. The van der Waals surface area contributed by atoms with E-state index in [0.717, 1.165) is 24.2 Å². The van der Waals surface area contributed by atoms with Crippen LogP contribution in [0.25, 0.3) is 0 Å². The maximum Gasteiger partial charge on any atom is 0.251 e. The van der Waals surface area contributed by atoms with E-state index in [9.17, 15) is 18.4 Å². The van der Waals surface area contributed by atoms with Gasteiger partial charge < -0.3 is 10.2 Å². The Kier molecular flexibility index (Phi) is 4.79. The molecule has 130 valence electrons. The van der Waals surface area contributed by atoms with E-state index < -0.39 is 17.7 Å². The summed E-state index contributed by atoms with van der Waals surface area (Å²) in [5.74, 6) is -1.64. The molecule has 6 heteroatoms. The van der Waals surface area contributed by atoms with Crippen molar-refractivity contribution >= 4 is 17.5 Å². The van der Waals surface area contributed by atoms with Gasteiger partial charge in [-0.1, -0.05) is 6.07 Å². The van der Waals surface area contributed by atoms with Gasteiger partial charge in [0.1, 0.15) is 11.6 Å². The van der Waals surface area contributed by atoms with Gasteiger partial charge in [-0.2, -0.15) is 0 Å². The van der Waals surface area contributed by atoms with Crippen LogP contribution >= 0.6 is 0 Å². The highest BCUT2D eigenvalue weighted by Gasteiger charge is 2.22. The van der Waals surface area contributed by atoms with Crippen molar-refractivity contribution in [1.82, 2.24) is 5.32 Å². The van der Waals surface area contributed by atoms with E-state index in [1.807, 2.05) is 0 Å². The van der Waals surface area contributed by atoms with Crippen molar-refractivity contribution in [2.24, 2.45) is 0 Å². The van der Waals surface area contributed by atoms with E-state index in [0.29, 0.717) is 18.5 Å². The quantitative estimate of drug-likeness (QED) is 0.922. The summed E-state index contributed by atoms with van der Waals surface area (Å²) in [4.78, 5) is 25.7. The number of hydrogen-bond acceptors (Lipinski definition) is 2. The zero-order chi connectivity index (χ0) is 18.0. The van der Waals surface area contributed by atoms with E-state index in [4.69, 9.17) is 0 Å². The molecule has 0 aliphatic carbocycles. The van der Waals surface area contributed by atoms with Crippen LogP contribution in [0.1, 0.15) is 41.7 Å². The molecular formula is C19H18F2N2O2. The first-order valence-electron chi connectivity index (χ1n) is 8.12. The fraction of sp³-hybridized carbons (Fsp3) is 0.263. The summed E-state index contributed by atoms with van der Waals surface area (Å²) >= 11 is 0. The number of rotatable bonds is 4. The van der Waals surface area contributed by atoms with Crippen molar-refractivity contribution in [3.8, 4) is 0 Å². The van der Waals surface area contributed by atoms with Gasteiger partial charge in [-0.3, -0.25) is 9.59 Å². The molecule has 0 radical (unpaired) electrons. The Morgan fingerprint density at radius 2 is 1.88 bits per heavy atom. The van der Waals surface area contributed by atoms with Gasteiger partial charge in [0.15, 0.2) is 0 Å². The highest BCUT2D eigenvalue weighted by Crippen LogP contribution is 2.22. The Bertz CT molecular complexity index is 806. The molecule has 1 atom stereocenters. The number of halogens is 2. The fourth-order valence-electron chi connectivity index (χ4n) is 2.92. The maximum atomic E-state index is 13.8. The van der Waals surface area contributed by atoms with Crippen LogP contribution in [-0.4, -0.2) is 18.4 Å². The monoisotopic (exact) mass is 344 g/mol. The highest BCUT2D eigenvalue weighted by molar-refractivity contribution is 5.97. The SMILES string of the molecule is C[C@H](NC(=O)c1ccc(N2CCCC2=O)cc1)c1ccc(F)cc1F. The van der Waals surface area contributed by atoms with Crippen molar-refractivity contribution in [3.05, 3.63) is 65.2 Å². The van der Waals surface area contributed by atoms with Crippen LogP contribution in [0, 0.1) is 11.6 Å². The second-order valence-electron chi connectivity index (χ2n) is 6.06. The van der Waals surface area contributed by atoms with Gasteiger partial charge in [-0.25, -0.2) is 8.78 Å². The summed E-state index contributed by atoms with van der Waals surface area (Å²) in [5.41, 5.74) is 1.38. The number of anilines is 1. The van der Waals surface area contributed by atoms with Crippen LogP contribution in [0.4, 0.5) is 14.5 Å². The maximum absolute atomic E-state index is 13.8. The Hall–Kier alpha value is -2.76. The van der Waals surface area contributed by atoms with E-state index >= 15 is 0 Å². The minimum Gasteiger partial charge on any atom is -0.345 e. The van der Waals surface area contributed by atoms with E-state index in [1.54, 1.807) is 36.1 Å². The van der Waals surface area contributed by atoms with Crippen LogP contribution in [0.15, 0.2) is 42.5 Å². The van der Waals surface area contributed by atoms with Crippen molar-refractivity contribution in [1.29, 1.82) is 0 Å². The second kappa shape index (κ2) is 7.01. The van der Waals surface area contributed by atoms with Crippen LogP contribution in [-0.2, 0) is 4.79 Å². The Balaban J connectivity index is 1.69. The average molecular weight is 344 g/mol. The Morgan fingerprint density at radius 1 is 1.16 bits per heavy atom. The third kappa shape index (κ3) is 3.68. The van der Waals surface area contributed by atoms with Crippen molar-refractivity contribution < 1.29 is 18.4 Å². The first kappa shape index (κ1) is 17.1. The Morgan fingerprint density at radius 3 is 2.48 bits per heavy atom. The molecule has 0 unspecified atom stereocenters. The zero-order valence-electron chi connectivity index (χ0n) is 13.8. The smallest absolute Gasteiger partial charge is 0.251 e. The molecule has 1 fully saturated rings. The molecule has 25 heavy (non-hydrogen) atoms. The van der Waals surface area contributed by atoms with Gasteiger partial charge in [-0.05, 0) is 43.7 Å². The third-order valence-corrected chi connectivity index (χ3v) is 4.29. The number of hydrogen-bond donors (Lipinski definition) is 1. The van der Waals surface area contributed by atoms with Crippen molar-refractivity contribution in [3.63, 3.8) is 0 Å².